The summed E-state index contributed by atoms with van der Waals surface area (Å²) < 4.78 is 18.0. The van der Waals surface area contributed by atoms with Crippen LogP contribution < -0.4 is 0 Å². The van der Waals surface area contributed by atoms with Crippen LogP contribution in [0.15, 0.2) is 36.0 Å². The van der Waals surface area contributed by atoms with Crippen molar-refractivity contribution in [3.8, 4) is 0 Å². The van der Waals surface area contributed by atoms with Crippen LogP contribution in [0.5, 0.6) is 0 Å². The molecule has 156 valence electrons. The Morgan fingerprint density at radius 1 is 1.41 bits per heavy atom. The van der Waals surface area contributed by atoms with Gasteiger partial charge in [0.05, 0.1) is 17.3 Å². The minimum Gasteiger partial charge on any atom is -0.462 e. The number of fused-ring (bicyclic) bond motifs is 8. The topological polar surface area (TPSA) is 61.8 Å². The molecule has 5 nitrogen and oxygen atoms in total. The molecule has 2 bridgehead atoms. The third-order valence-electron chi connectivity index (χ3n) is 7.90. The number of esters is 2. The van der Waals surface area contributed by atoms with Crippen molar-refractivity contribution in [3.05, 3.63) is 36.0 Å². The second-order valence-corrected chi connectivity index (χ2v) is 9.77. The van der Waals surface area contributed by atoms with Crippen molar-refractivity contribution in [2.24, 2.45) is 29.6 Å². The van der Waals surface area contributed by atoms with E-state index in [1.807, 2.05) is 13.0 Å². The zero-order valence-electron chi connectivity index (χ0n) is 17.4. The van der Waals surface area contributed by atoms with Gasteiger partial charge in [-0.2, -0.15) is 0 Å². The summed E-state index contributed by atoms with van der Waals surface area (Å²) >= 11 is 0. The van der Waals surface area contributed by atoms with Gasteiger partial charge in [-0.1, -0.05) is 25.2 Å². The average Bonchev–Trinajstić information content (AvgIpc) is 3.07. The molecule has 5 aliphatic rings. The van der Waals surface area contributed by atoms with E-state index < -0.39 is 5.60 Å². The van der Waals surface area contributed by atoms with Crippen molar-refractivity contribution in [1.82, 2.24) is 0 Å². The lowest BCUT2D eigenvalue weighted by Crippen LogP contribution is -2.49. The number of carbonyl (C=O) groups excluding carboxylic acids is 2. The number of ether oxygens (including phenoxy) is 3. The third kappa shape index (κ3) is 2.77. The lowest BCUT2D eigenvalue weighted by molar-refractivity contribution is -0.155. The van der Waals surface area contributed by atoms with E-state index >= 15 is 0 Å². The number of carbonyl (C=O) groups is 2. The smallest absolute Gasteiger partial charge is 0.337 e. The number of cyclic esters (lactones) is 1. The Kier molecular flexibility index (Phi) is 4.32. The second kappa shape index (κ2) is 6.56. The standard InChI is InChI=1S/C24H30O5/c1-5-6-14-10-17-18-11-24(4,21(17)23(26)28-14)29-19-8-7-15-16(20(18)19)9-12(2)22(15)27-13(3)25/h5,7-8,12,14-16,18-20,22H,1,6,9-11H2,2-4H3/t12-,14?,15+,16+,18+,19+,20+,22-,24-/m1/s1. The molecule has 0 amide bonds. The zero-order chi connectivity index (χ0) is 20.5. The summed E-state index contributed by atoms with van der Waals surface area (Å²) in [5.41, 5.74) is 1.46. The third-order valence-corrected chi connectivity index (χ3v) is 7.90. The fourth-order valence-corrected chi connectivity index (χ4v) is 7.01. The first-order chi connectivity index (χ1) is 13.8. The maximum absolute atomic E-state index is 12.9. The Morgan fingerprint density at radius 2 is 2.21 bits per heavy atom. The van der Waals surface area contributed by atoms with Crippen LogP contribution >= 0.6 is 0 Å². The van der Waals surface area contributed by atoms with E-state index in [4.69, 9.17) is 14.2 Å². The highest BCUT2D eigenvalue weighted by Crippen LogP contribution is 2.61. The summed E-state index contributed by atoms with van der Waals surface area (Å²) in [7, 11) is 0. The molecule has 5 rings (SSSR count). The fourth-order valence-electron chi connectivity index (χ4n) is 7.01. The highest BCUT2D eigenvalue weighted by molar-refractivity contribution is 5.93. The predicted molar refractivity (Wildman–Crippen MR) is 107 cm³/mol. The van der Waals surface area contributed by atoms with Gasteiger partial charge in [0, 0.05) is 25.7 Å². The van der Waals surface area contributed by atoms with E-state index in [1.54, 1.807) is 0 Å². The van der Waals surface area contributed by atoms with Crippen molar-refractivity contribution >= 4 is 11.9 Å². The first kappa shape index (κ1) is 19.1. The van der Waals surface area contributed by atoms with Gasteiger partial charge in [-0.3, -0.25) is 4.79 Å². The monoisotopic (exact) mass is 398 g/mol. The maximum Gasteiger partial charge on any atom is 0.337 e. The largest absolute Gasteiger partial charge is 0.462 e. The first-order valence-corrected chi connectivity index (χ1v) is 10.9. The van der Waals surface area contributed by atoms with Gasteiger partial charge in [-0.25, -0.2) is 4.79 Å². The van der Waals surface area contributed by atoms with Crippen molar-refractivity contribution in [2.75, 3.05) is 0 Å². The van der Waals surface area contributed by atoms with Crippen molar-refractivity contribution < 1.29 is 23.8 Å². The number of hydrogen-bond donors (Lipinski definition) is 0. The Hall–Kier alpha value is -1.88. The zero-order valence-corrected chi connectivity index (χ0v) is 17.4. The summed E-state index contributed by atoms with van der Waals surface area (Å²) in [6, 6.07) is 0. The van der Waals surface area contributed by atoms with Gasteiger partial charge in [0.25, 0.3) is 0 Å². The van der Waals surface area contributed by atoms with E-state index in [0.29, 0.717) is 30.1 Å². The molecule has 0 aromatic heterocycles. The quantitative estimate of drug-likeness (QED) is 0.535. The predicted octanol–water partition coefficient (Wildman–Crippen LogP) is 3.74. The highest BCUT2D eigenvalue weighted by Gasteiger charge is 2.62. The molecule has 29 heavy (non-hydrogen) atoms. The van der Waals surface area contributed by atoms with Crippen LogP contribution in [0.2, 0.25) is 0 Å². The van der Waals surface area contributed by atoms with Crippen molar-refractivity contribution in [3.63, 3.8) is 0 Å². The summed E-state index contributed by atoms with van der Waals surface area (Å²) in [5, 5.41) is 0. The molecule has 5 heteroatoms. The lowest BCUT2D eigenvalue weighted by Gasteiger charge is -2.47. The Balaban J connectivity index is 1.51. The Labute approximate surface area is 172 Å². The van der Waals surface area contributed by atoms with Gasteiger partial charge in [-0.15, -0.1) is 6.58 Å². The molecule has 0 spiro atoms. The van der Waals surface area contributed by atoms with E-state index in [2.05, 4.69) is 25.7 Å². The minimum absolute atomic E-state index is 0.000433. The van der Waals surface area contributed by atoms with Crippen LogP contribution in [-0.4, -0.2) is 35.9 Å². The molecule has 2 fully saturated rings. The van der Waals surface area contributed by atoms with Crippen LogP contribution in [-0.2, 0) is 23.8 Å². The highest BCUT2D eigenvalue weighted by atomic mass is 16.6. The number of hydrogen-bond acceptors (Lipinski definition) is 5. The summed E-state index contributed by atoms with van der Waals surface area (Å²) in [5.74, 6) is 1.19. The molecular weight excluding hydrogens is 368 g/mol. The molecule has 9 atom stereocenters. The molecule has 0 radical (unpaired) electrons. The van der Waals surface area contributed by atoms with Crippen LogP contribution in [0.1, 0.15) is 46.5 Å². The Morgan fingerprint density at radius 3 is 2.93 bits per heavy atom. The minimum atomic E-state index is -0.561. The van der Waals surface area contributed by atoms with Gasteiger partial charge in [0.1, 0.15) is 12.2 Å². The number of rotatable bonds is 3. The van der Waals surface area contributed by atoms with E-state index in [1.165, 1.54) is 12.5 Å². The SMILES string of the molecule is C=CCC1CC2=C(C(=O)O1)[C@@]1(C)C[C@@H]2[C@@H]2[C@H]3C[C@@H](C)[C@@H](OC(C)=O)[C@H]3C=C[C@@H]2O1. The molecule has 3 aliphatic carbocycles. The molecule has 1 saturated carbocycles. The van der Waals surface area contributed by atoms with E-state index in [0.717, 1.165) is 24.8 Å². The van der Waals surface area contributed by atoms with Crippen LogP contribution in [0.4, 0.5) is 0 Å². The molecule has 2 aliphatic heterocycles. The first-order valence-electron chi connectivity index (χ1n) is 10.9. The molecular formula is C24H30O5. The normalized spacial score (nSPS) is 47.2. The van der Waals surface area contributed by atoms with Crippen molar-refractivity contribution in [2.45, 2.75) is 70.4 Å². The lowest BCUT2D eigenvalue weighted by atomic mass is 9.65. The fraction of sp³-hybridized carbons (Fsp3) is 0.667. The van der Waals surface area contributed by atoms with Crippen LogP contribution in [0.3, 0.4) is 0 Å². The van der Waals surface area contributed by atoms with E-state index in [9.17, 15) is 9.59 Å². The molecule has 0 aromatic carbocycles. The average molecular weight is 398 g/mol. The van der Waals surface area contributed by atoms with Crippen LogP contribution in [0.25, 0.3) is 0 Å². The van der Waals surface area contributed by atoms with Gasteiger partial charge < -0.3 is 14.2 Å². The van der Waals surface area contributed by atoms with Crippen molar-refractivity contribution in [1.29, 1.82) is 0 Å². The molecule has 0 aromatic rings. The molecule has 1 saturated heterocycles. The second-order valence-electron chi connectivity index (χ2n) is 9.77. The van der Waals surface area contributed by atoms with Gasteiger partial charge in [0.2, 0.25) is 0 Å². The Bertz CT molecular complexity index is 825. The summed E-state index contributed by atoms with van der Waals surface area (Å²) in [6.45, 7) is 9.53. The molecule has 0 N–H and O–H groups in total. The van der Waals surface area contributed by atoms with Gasteiger partial charge >= 0.3 is 11.9 Å². The van der Waals surface area contributed by atoms with Gasteiger partial charge in [0.15, 0.2) is 0 Å². The van der Waals surface area contributed by atoms with Crippen LogP contribution in [0, 0.1) is 29.6 Å². The summed E-state index contributed by atoms with van der Waals surface area (Å²) in [4.78, 5) is 24.6. The summed E-state index contributed by atoms with van der Waals surface area (Å²) in [6.07, 6.45) is 9.33. The molecule has 2 heterocycles. The maximum atomic E-state index is 12.9. The molecule has 1 unspecified atom stereocenters. The van der Waals surface area contributed by atoms with E-state index in [-0.39, 0.29) is 36.2 Å². The van der Waals surface area contributed by atoms with Gasteiger partial charge in [-0.05, 0) is 49.0 Å².